The summed E-state index contributed by atoms with van der Waals surface area (Å²) in [5.74, 6) is 0.226. The Kier molecular flexibility index (Phi) is 3.94. The third-order valence-electron chi connectivity index (χ3n) is 3.74. The molecule has 2 rings (SSSR count). The fourth-order valence-corrected chi connectivity index (χ4v) is 3.14. The zero-order valence-corrected chi connectivity index (χ0v) is 11.3. The van der Waals surface area contributed by atoms with Crippen LogP contribution in [0.25, 0.3) is 0 Å². The maximum absolute atomic E-state index is 12.4. The molecule has 100 valence electrons. The lowest BCUT2D eigenvalue weighted by Gasteiger charge is -2.36. The van der Waals surface area contributed by atoms with Crippen molar-refractivity contribution in [2.45, 2.75) is 32.1 Å². The molecule has 0 aromatic heterocycles. The first kappa shape index (κ1) is 13.4. The summed E-state index contributed by atoms with van der Waals surface area (Å²) in [4.78, 5) is 37.3. The minimum Gasteiger partial charge on any atom is -0.277 e. The number of hydrogen-bond donors (Lipinski definition) is 1. The van der Waals surface area contributed by atoms with Crippen LogP contribution in [0.2, 0.25) is 0 Å². The topological polar surface area (TPSA) is 66.5 Å². The summed E-state index contributed by atoms with van der Waals surface area (Å²) in [7, 11) is 0. The van der Waals surface area contributed by atoms with E-state index in [1.54, 1.807) is 11.8 Å². The van der Waals surface area contributed by atoms with Gasteiger partial charge >= 0.3 is 6.03 Å². The largest absolute Gasteiger partial charge is 0.330 e. The Labute approximate surface area is 111 Å². The van der Waals surface area contributed by atoms with Crippen molar-refractivity contribution in [1.82, 2.24) is 10.2 Å². The second-order valence-corrected chi connectivity index (χ2v) is 5.84. The smallest absolute Gasteiger partial charge is 0.277 e. The molecule has 0 atom stereocenters. The van der Waals surface area contributed by atoms with E-state index in [0.717, 1.165) is 25.0 Å². The van der Waals surface area contributed by atoms with E-state index in [9.17, 15) is 14.4 Å². The number of thioether (sulfide) groups is 1. The molecular formula is C12H18N2O3S. The van der Waals surface area contributed by atoms with Crippen molar-refractivity contribution in [3.8, 4) is 0 Å². The summed E-state index contributed by atoms with van der Waals surface area (Å²) < 4.78 is 0. The zero-order chi connectivity index (χ0) is 13.2. The van der Waals surface area contributed by atoms with Gasteiger partial charge in [-0.1, -0.05) is 12.8 Å². The lowest BCUT2D eigenvalue weighted by Crippen LogP contribution is -2.63. The number of carbonyl (C=O) groups excluding carboxylic acids is 3. The Morgan fingerprint density at radius 2 is 1.94 bits per heavy atom. The number of rotatable bonds is 4. The van der Waals surface area contributed by atoms with Crippen molar-refractivity contribution in [2.24, 2.45) is 5.41 Å². The average Bonchev–Trinajstić information content (AvgIpc) is 2.82. The summed E-state index contributed by atoms with van der Waals surface area (Å²) >= 11 is 1.68. The SMILES string of the molecule is CSCCCN1C(=O)NC(=O)C2(CCCC2)C1=O. The second kappa shape index (κ2) is 5.30. The van der Waals surface area contributed by atoms with Gasteiger partial charge in [-0.3, -0.25) is 19.8 Å². The number of imide groups is 2. The third-order valence-corrected chi connectivity index (χ3v) is 4.44. The molecule has 0 aromatic rings. The van der Waals surface area contributed by atoms with Crippen molar-refractivity contribution in [3.05, 3.63) is 0 Å². The van der Waals surface area contributed by atoms with Gasteiger partial charge in [0.15, 0.2) is 0 Å². The molecule has 1 N–H and O–H groups in total. The van der Waals surface area contributed by atoms with Gasteiger partial charge in [-0.25, -0.2) is 4.79 Å². The lowest BCUT2D eigenvalue weighted by molar-refractivity contribution is -0.151. The second-order valence-electron chi connectivity index (χ2n) is 4.85. The first-order chi connectivity index (χ1) is 8.62. The van der Waals surface area contributed by atoms with Crippen LogP contribution in [0.5, 0.6) is 0 Å². The Hall–Kier alpha value is -1.04. The molecule has 18 heavy (non-hydrogen) atoms. The summed E-state index contributed by atoms with van der Waals surface area (Å²) in [6.45, 7) is 0.403. The standard InChI is InChI=1S/C12H18N2O3S/c1-18-8-4-7-14-10(16)12(5-2-3-6-12)9(15)13-11(14)17/h2-8H2,1H3,(H,13,15,17). The van der Waals surface area contributed by atoms with Crippen molar-refractivity contribution >= 4 is 29.6 Å². The van der Waals surface area contributed by atoms with Crippen LogP contribution in [0.1, 0.15) is 32.1 Å². The normalized spacial score (nSPS) is 22.7. The van der Waals surface area contributed by atoms with E-state index in [4.69, 9.17) is 0 Å². The van der Waals surface area contributed by atoms with E-state index < -0.39 is 17.4 Å². The fourth-order valence-electron chi connectivity index (χ4n) is 2.72. The molecule has 0 aromatic carbocycles. The van der Waals surface area contributed by atoms with Crippen LogP contribution in [-0.4, -0.2) is 41.3 Å². The van der Waals surface area contributed by atoms with E-state index >= 15 is 0 Å². The molecule has 1 aliphatic heterocycles. The van der Waals surface area contributed by atoms with Crippen LogP contribution < -0.4 is 5.32 Å². The van der Waals surface area contributed by atoms with Crippen molar-refractivity contribution in [2.75, 3.05) is 18.6 Å². The quantitative estimate of drug-likeness (QED) is 0.619. The van der Waals surface area contributed by atoms with Crippen LogP contribution in [-0.2, 0) is 9.59 Å². The van der Waals surface area contributed by atoms with Crippen molar-refractivity contribution in [3.63, 3.8) is 0 Å². The molecule has 1 heterocycles. The van der Waals surface area contributed by atoms with Crippen molar-refractivity contribution in [1.29, 1.82) is 0 Å². The molecule has 0 radical (unpaired) electrons. The van der Waals surface area contributed by atoms with Crippen LogP contribution in [0.15, 0.2) is 0 Å². The lowest BCUT2D eigenvalue weighted by atomic mass is 9.82. The van der Waals surface area contributed by atoms with Crippen LogP contribution >= 0.6 is 11.8 Å². The molecule has 6 heteroatoms. The molecular weight excluding hydrogens is 252 g/mol. The van der Waals surface area contributed by atoms with Gasteiger partial charge in [-0.2, -0.15) is 11.8 Å². The molecule has 2 fully saturated rings. The minimum absolute atomic E-state index is 0.283. The Balaban J connectivity index is 2.12. The maximum Gasteiger partial charge on any atom is 0.330 e. The zero-order valence-electron chi connectivity index (χ0n) is 10.5. The first-order valence-corrected chi connectivity index (χ1v) is 7.67. The van der Waals surface area contributed by atoms with Gasteiger partial charge in [0.25, 0.3) is 0 Å². The van der Waals surface area contributed by atoms with Gasteiger partial charge in [0.2, 0.25) is 11.8 Å². The van der Waals surface area contributed by atoms with Gasteiger partial charge in [0.1, 0.15) is 5.41 Å². The molecule has 5 nitrogen and oxygen atoms in total. The number of hydrogen-bond acceptors (Lipinski definition) is 4. The highest BCUT2D eigenvalue weighted by atomic mass is 32.2. The van der Waals surface area contributed by atoms with Gasteiger partial charge in [-0.15, -0.1) is 0 Å². The summed E-state index contributed by atoms with van der Waals surface area (Å²) in [5, 5.41) is 2.34. The highest BCUT2D eigenvalue weighted by Gasteiger charge is 2.54. The van der Waals surface area contributed by atoms with E-state index in [2.05, 4.69) is 5.32 Å². The van der Waals surface area contributed by atoms with Gasteiger partial charge in [-0.05, 0) is 31.3 Å². The highest BCUT2D eigenvalue weighted by molar-refractivity contribution is 7.98. The summed E-state index contributed by atoms with van der Waals surface area (Å²) in [6, 6.07) is -0.552. The number of urea groups is 1. The minimum atomic E-state index is -0.951. The van der Waals surface area contributed by atoms with Gasteiger partial charge < -0.3 is 0 Å². The van der Waals surface area contributed by atoms with Crippen molar-refractivity contribution < 1.29 is 14.4 Å². The number of nitrogens with one attached hydrogen (secondary N) is 1. The molecule has 0 bridgehead atoms. The molecule has 1 spiro atoms. The predicted octanol–water partition coefficient (Wildman–Crippen LogP) is 1.38. The van der Waals surface area contributed by atoms with Crippen LogP contribution in [0.4, 0.5) is 4.79 Å². The maximum atomic E-state index is 12.4. The highest BCUT2D eigenvalue weighted by Crippen LogP contribution is 2.41. The molecule has 2 aliphatic rings. The number of carbonyl (C=O) groups is 3. The number of barbiturate groups is 1. The number of nitrogens with zero attached hydrogens (tertiary/aromatic N) is 1. The first-order valence-electron chi connectivity index (χ1n) is 6.28. The number of amides is 4. The van der Waals surface area contributed by atoms with Crippen LogP contribution in [0, 0.1) is 5.41 Å². The molecule has 4 amide bonds. The van der Waals surface area contributed by atoms with E-state index in [0.29, 0.717) is 19.4 Å². The summed E-state index contributed by atoms with van der Waals surface area (Å²) in [6.07, 6.45) is 5.66. The average molecular weight is 270 g/mol. The monoisotopic (exact) mass is 270 g/mol. The van der Waals surface area contributed by atoms with Gasteiger partial charge in [0.05, 0.1) is 0 Å². The summed E-state index contributed by atoms with van der Waals surface area (Å²) in [5.41, 5.74) is -0.951. The van der Waals surface area contributed by atoms with E-state index in [1.807, 2.05) is 6.26 Å². The third kappa shape index (κ3) is 2.13. The Bertz CT molecular complexity index is 378. The predicted molar refractivity (Wildman–Crippen MR) is 69.2 cm³/mol. The molecule has 1 saturated heterocycles. The van der Waals surface area contributed by atoms with E-state index in [-0.39, 0.29) is 5.91 Å². The molecule has 0 unspecified atom stereocenters. The Morgan fingerprint density at radius 3 is 2.56 bits per heavy atom. The molecule has 1 aliphatic carbocycles. The van der Waals surface area contributed by atoms with Gasteiger partial charge in [0, 0.05) is 6.54 Å². The molecule has 1 saturated carbocycles. The fraction of sp³-hybridized carbons (Fsp3) is 0.750. The van der Waals surface area contributed by atoms with Crippen LogP contribution in [0.3, 0.4) is 0 Å². The van der Waals surface area contributed by atoms with E-state index in [1.165, 1.54) is 4.90 Å². The Morgan fingerprint density at radius 1 is 1.28 bits per heavy atom.